The molecule has 0 saturated heterocycles. The van der Waals surface area contributed by atoms with Crippen LogP contribution >= 0.6 is 15.9 Å². The second-order valence-electron chi connectivity index (χ2n) is 3.68. The molecule has 15 heavy (non-hydrogen) atoms. The zero-order chi connectivity index (χ0) is 11.3. The maximum absolute atomic E-state index is 3.87. The molecule has 1 rings (SSSR count). The molecule has 2 heteroatoms. The van der Waals surface area contributed by atoms with Gasteiger partial charge in [0, 0.05) is 4.47 Å². The van der Waals surface area contributed by atoms with Crippen LogP contribution in [0.5, 0.6) is 0 Å². The van der Waals surface area contributed by atoms with Gasteiger partial charge in [-0.3, -0.25) is 0 Å². The molecule has 0 aliphatic carbocycles. The Kier molecular flexibility index (Phi) is 5.06. The molecule has 0 radical (unpaired) electrons. The number of hydrogen-bond donors (Lipinski definition) is 1. The molecule has 0 heterocycles. The van der Waals surface area contributed by atoms with E-state index in [9.17, 15) is 0 Å². The van der Waals surface area contributed by atoms with Gasteiger partial charge in [-0.15, -0.1) is 6.58 Å². The Morgan fingerprint density at radius 2 is 2.27 bits per heavy atom. The monoisotopic (exact) mass is 267 g/mol. The van der Waals surface area contributed by atoms with Crippen molar-refractivity contribution in [3.63, 3.8) is 0 Å². The fourth-order valence-electron chi connectivity index (χ4n) is 1.50. The minimum atomic E-state index is 0.261. The normalized spacial score (nSPS) is 12.5. The summed E-state index contributed by atoms with van der Waals surface area (Å²) in [7, 11) is 0. The highest BCUT2D eigenvalue weighted by Gasteiger charge is 2.06. The number of nitrogens with one attached hydrogen (secondary N) is 1. The summed E-state index contributed by atoms with van der Waals surface area (Å²) in [5.41, 5.74) is 2.54. The molecule has 82 valence electrons. The first-order valence-electron chi connectivity index (χ1n) is 5.31. The average Bonchev–Trinajstić information content (AvgIpc) is 2.24. The van der Waals surface area contributed by atoms with E-state index in [4.69, 9.17) is 0 Å². The standard InChI is InChI=1S/C13H18BrN/c1-4-8-15-13(5-2)11-6-7-12(14)10(3)9-11/h5-7,9,13,15H,2,4,8H2,1,3H3. The summed E-state index contributed by atoms with van der Waals surface area (Å²) in [6.07, 6.45) is 3.10. The van der Waals surface area contributed by atoms with Gasteiger partial charge >= 0.3 is 0 Å². The van der Waals surface area contributed by atoms with E-state index >= 15 is 0 Å². The van der Waals surface area contributed by atoms with Crippen LogP contribution in [0.1, 0.15) is 30.5 Å². The predicted octanol–water partition coefficient (Wildman–Crippen LogP) is 3.98. The first kappa shape index (κ1) is 12.5. The van der Waals surface area contributed by atoms with Crippen LogP contribution in [0.25, 0.3) is 0 Å². The Morgan fingerprint density at radius 3 is 2.80 bits per heavy atom. The summed E-state index contributed by atoms with van der Waals surface area (Å²) in [5, 5.41) is 3.45. The van der Waals surface area contributed by atoms with Gasteiger partial charge in [-0.1, -0.05) is 41.1 Å². The van der Waals surface area contributed by atoms with E-state index in [1.54, 1.807) is 0 Å². The number of halogens is 1. The van der Waals surface area contributed by atoms with Gasteiger partial charge < -0.3 is 5.32 Å². The lowest BCUT2D eigenvalue weighted by Gasteiger charge is -2.15. The van der Waals surface area contributed by atoms with Gasteiger partial charge in [0.05, 0.1) is 6.04 Å². The van der Waals surface area contributed by atoms with Crippen LogP contribution in [0.2, 0.25) is 0 Å². The van der Waals surface area contributed by atoms with Gasteiger partial charge in [-0.2, -0.15) is 0 Å². The van der Waals surface area contributed by atoms with Gasteiger partial charge in [0.25, 0.3) is 0 Å². The molecule has 1 nitrogen and oxygen atoms in total. The van der Waals surface area contributed by atoms with Crippen molar-refractivity contribution in [2.24, 2.45) is 0 Å². The van der Waals surface area contributed by atoms with Gasteiger partial charge in [-0.25, -0.2) is 0 Å². The number of rotatable bonds is 5. The molecule has 1 aromatic rings. The maximum atomic E-state index is 3.87. The predicted molar refractivity (Wildman–Crippen MR) is 70.1 cm³/mol. The highest BCUT2D eigenvalue weighted by atomic mass is 79.9. The number of benzene rings is 1. The van der Waals surface area contributed by atoms with Crippen LogP contribution in [-0.4, -0.2) is 6.54 Å². The zero-order valence-electron chi connectivity index (χ0n) is 9.39. The van der Waals surface area contributed by atoms with Crippen LogP contribution in [0.15, 0.2) is 35.3 Å². The maximum Gasteiger partial charge on any atom is 0.0503 e. The summed E-state index contributed by atoms with van der Waals surface area (Å²) >= 11 is 3.51. The molecule has 0 bridgehead atoms. The van der Waals surface area contributed by atoms with Crippen molar-refractivity contribution in [1.82, 2.24) is 5.32 Å². The summed E-state index contributed by atoms with van der Waals surface area (Å²) in [4.78, 5) is 0. The molecule has 1 N–H and O–H groups in total. The summed E-state index contributed by atoms with van der Waals surface area (Å²) in [5.74, 6) is 0. The third-order valence-corrected chi connectivity index (χ3v) is 3.28. The first-order valence-corrected chi connectivity index (χ1v) is 6.10. The Labute approximate surface area is 101 Å². The van der Waals surface area contributed by atoms with Gasteiger partial charge in [0.1, 0.15) is 0 Å². The van der Waals surface area contributed by atoms with E-state index in [2.05, 4.69) is 59.9 Å². The van der Waals surface area contributed by atoms with Crippen molar-refractivity contribution in [1.29, 1.82) is 0 Å². The second-order valence-corrected chi connectivity index (χ2v) is 4.53. The third-order valence-electron chi connectivity index (χ3n) is 2.39. The smallest absolute Gasteiger partial charge is 0.0503 e. The molecule has 1 atom stereocenters. The Balaban J connectivity index is 2.82. The third kappa shape index (κ3) is 3.47. The summed E-state index contributed by atoms with van der Waals surface area (Å²) in [6, 6.07) is 6.68. The zero-order valence-corrected chi connectivity index (χ0v) is 11.0. The highest BCUT2D eigenvalue weighted by molar-refractivity contribution is 9.10. The van der Waals surface area contributed by atoms with Crippen molar-refractivity contribution in [3.8, 4) is 0 Å². The molecule has 0 saturated carbocycles. The second kappa shape index (κ2) is 6.09. The molecular formula is C13H18BrN. The molecule has 0 spiro atoms. The van der Waals surface area contributed by atoms with E-state index in [0.717, 1.165) is 17.4 Å². The van der Waals surface area contributed by atoms with Crippen LogP contribution in [0.3, 0.4) is 0 Å². The van der Waals surface area contributed by atoms with Crippen LogP contribution in [0.4, 0.5) is 0 Å². The van der Waals surface area contributed by atoms with Gasteiger partial charge in [-0.05, 0) is 37.1 Å². The molecule has 0 aliphatic heterocycles. The Morgan fingerprint density at radius 1 is 1.53 bits per heavy atom. The van der Waals surface area contributed by atoms with Crippen molar-refractivity contribution in [2.75, 3.05) is 6.54 Å². The van der Waals surface area contributed by atoms with Crippen molar-refractivity contribution in [3.05, 3.63) is 46.5 Å². The molecule has 0 aliphatic rings. The Hall–Kier alpha value is -0.600. The minimum Gasteiger partial charge on any atom is -0.307 e. The van der Waals surface area contributed by atoms with Crippen molar-refractivity contribution >= 4 is 15.9 Å². The van der Waals surface area contributed by atoms with Gasteiger partial charge in [0.15, 0.2) is 0 Å². The van der Waals surface area contributed by atoms with Crippen LogP contribution in [-0.2, 0) is 0 Å². The lowest BCUT2D eigenvalue weighted by atomic mass is 10.0. The number of hydrogen-bond acceptors (Lipinski definition) is 1. The Bertz CT molecular complexity index is 333. The quantitative estimate of drug-likeness (QED) is 0.796. The average molecular weight is 268 g/mol. The summed E-state index contributed by atoms with van der Waals surface area (Å²) < 4.78 is 1.16. The minimum absolute atomic E-state index is 0.261. The lowest BCUT2D eigenvalue weighted by molar-refractivity contribution is 0.613. The molecule has 1 unspecified atom stereocenters. The van der Waals surface area contributed by atoms with E-state index < -0.39 is 0 Å². The van der Waals surface area contributed by atoms with E-state index in [1.165, 1.54) is 11.1 Å². The summed E-state index contributed by atoms with van der Waals surface area (Å²) in [6.45, 7) is 9.16. The van der Waals surface area contributed by atoms with Gasteiger partial charge in [0.2, 0.25) is 0 Å². The van der Waals surface area contributed by atoms with Crippen molar-refractivity contribution in [2.45, 2.75) is 26.3 Å². The molecular weight excluding hydrogens is 250 g/mol. The molecule has 0 fully saturated rings. The van der Waals surface area contributed by atoms with Crippen LogP contribution in [0, 0.1) is 6.92 Å². The van der Waals surface area contributed by atoms with Crippen LogP contribution < -0.4 is 5.32 Å². The molecule has 0 amide bonds. The van der Waals surface area contributed by atoms with Crippen molar-refractivity contribution < 1.29 is 0 Å². The fraction of sp³-hybridized carbons (Fsp3) is 0.385. The topological polar surface area (TPSA) is 12.0 Å². The van der Waals surface area contributed by atoms with E-state index in [1.807, 2.05) is 6.08 Å². The highest BCUT2D eigenvalue weighted by Crippen LogP contribution is 2.21. The SMILES string of the molecule is C=CC(NCCC)c1ccc(Br)c(C)c1. The largest absolute Gasteiger partial charge is 0.307 e. The van der Waals surface area contributed by atoms with E-state index in [0.29, 0.717) is 0 Å². The number of aryl methyl sites for hydroxylation is 1. The lowest BCUT2D eigenvalue weighted by Crippen LogP contribution is -2.20. The first-order chi connectivity index (χ1) is 7.19. The molecule has 0 aromatic heterocycles. The molecule has 1 aromatic carbocycles. The van der Waals surface area contributed by atoms with E-state index in [-0.39, 0.29) is 6.04 Å². The fourth-order valence-corrected chi connectivity index (χ4v) is 1.75.